The van der Waals surface area contributed by atoms with Crippen LogP contribution in [0.4, 0.5) is 0 Å². The highest BCUT2D eigenvalue weighted by Gasteiger charge is 2.49. The van der Waals surface area contributed by atoms with Crippen molar-refractivity contribution in [2.75, 3.05) is 0 Å². The quantitative estimate of drug-likeness (QED) is 0.870. The zero-order chi connectivity index (χ0) is 15.9. The zero-order valence-corrected chi connectivity index (χ0v) is 13.7. The van der Waals surface area contributed by atoms with Gasteiger partial charge in [0.15, 0.2) is 0 Å². The van der Waals surface area contributed by atoms with E-state index in [4.69, 9.17) is 0 Å². The third kappa shape index (κ3) is 2.35. The van der Waals surface area contributed by atoms with Gasteiger partial charge in [0.1, 0.15) is 0 Å². The molecule has 0 bridgehead atoms. The lowest BCUT2D eigenvalue weighted by Crippen LogP contribution is -2.46. The molecule has 3 rings (SSSR count). The lowest BCUT2D eigenvalue weighted by molar-refractivity contribution is -0.142. The first-order valence-electron chi connectivity index (χ1n) is 7.80. The van der Waals surface area contributed by atoms with Crippen LogP contribution in [-0.4, -0.2) is 22.7 Å². The first kappa shape index (κ1) is 15.2. The van der Waals surface area contributed by atoms with E-state index < -0.39 is 0 Å². The van der Waals surface area contributed by atoms with E-state index >= 15 is 0 Å². The van der Waals surface area contributed by atoms with Gasteiger partial charge in [0, 0.05) is 10.3 Å². The maximum Gasteiger partial charge on any atom is 0.271 e. The number of amides is 3. The number of carbonyl (C=O) groups excluding carboxylic acids is 3. The van der Waals surface area contributed by atoms with Crippen LogP contribution in [0.25, 0.3) is 0 Å². The van der Waals surface area contributed by atoms with Gasteiger partial charge in [-0.2, -0.15) is 5.01 Å². The molecule has 2 aliphatic rings. The Hall–Kier alpha value is -1.69. The van der Waals surface area contributed by atoms with Crippen molar-refractivity contribution in [2.24, 2.45) is 11.8 Å². The molecule has 1 N–H and O–H groups in total. The second kappa shape index (κ2) is 5.83. The SMILES string of the molecule is CCc1c(C(=O)NN2C(=O)[C@@H]3CCCC[C@H]3C2=O)csc1C. The van der Waals surface area contributed by atoms with E-state index in [9.17, 15) is 14.4 Å². The van der Waals surface area contributed by atoms with Gasteiger partial charge in [-0.1, -0.05) is 19.8 Å². The fourth-order valence-corrected chi connectivity index (χ4v) is 4.48. The largest absolute Gasteiger partial charge is 0.272 e. The zero-order valence-electron chi connectivity index (χ0n) is 12.8. The normalized spacial score (nSPS) is 24.5. The molecule has 5 nitrogen and oxygen atoms in total. The number of thiophene rings is 1. The minimum atomic E-state index is -0.360. The van der Waals surface area contributed by atoms with Crippen molar-refractivity contribution in [3.8, 4) is 0 Å². The Morgan fingerprint density at radius 2 is 1.86 bits per heavy atom. The number of carbonyl (C=O) groups is 3. The van der Waals surface area contributed by atoms with Crippen molar-refractivity contribution < 1.29 is 14.4 Å². The van der Waals surface area contributed by atoms with Crippen LogP contribution in [0.1, 0.15) is 53.4 Å². The molecule has 118 valence electrons. The van der Waals surface area contributed by atoms with Gasteiger partial charge in [0.25, 0.3) is 17.7 Å². The van der Waals surface area contributed by atoms with E-state index in [0.717, 1.165) is 47.6 Å². The maximum atomic E-state index is 12.4. The highest BCUT2D eigenvalue weighted by Crippen LogP contribution is 2.37. The van der Waals surface area contributed by atoms with Gasteiger partial charge in [0.2, 0.25) is 0 Å². The van der Waals surface area contributed by atoms with E-state index in [-0.39, 0.29) is 29.6 Å². The smallest absolute Gasteiger partial charge is 0.271 e. The van der Waals surface area contributed by atoms with Crippen molar-refractivity contribution >= 4 is 29.1 Å². The van der Waals surface area contributed by atoms with Crippen molar-refractivity contribution in [1.29, 1.82) is 0 Å². The standard InChI is InChI=1S/C16H20N2O3S/c1-3-10-9(2)22-8-13(10)14(19)17-18-15(20)11-6-4-5-7-12(11)16(18)21/h8,11-12H,3-7H2,1-2H3,(H,17,19)/t11-,12-/m1/s1. The van der Waals surface area contributed by atoms with Crippen LogP contribution in [0.15, 0.2) is 5.38 Å². The van der Waals surface area contributed by atoms with Gasteiger partial charge < -0.3 is 0 Å². The fraction of sp³-hybridized carbons (Fsp3) is 0.562. The van der Waals surface area contributed by atoms with Gasteiger partial charge in [-0.15, -0.1) is 11.3 Å². The molecular weight excluding hydrogens is 300 g/mol. The molecule has 2 heterocycles. The van der Waals surface area contributed by atoms with Crippen molar-refractivity contribution in [1.82, 2.24) is 10.4 Å². The summed E-state index contributed by atoms with van der Waals surface area (Å²) < 4.78 is 0. The minimum absolute atomic E-state index is 0.239. The highest BCUT2D eigenvalue weighted by atomic mass is 32.1. The number of nitrogens with one attached hydrogen (secondary N) is 1. The molecule has 1 saturated heterocycles. The Kier molecular flexibility index (Phi) is 4.04. The molecule has 1 aliphatic heterocycles. The summed E-state index contributed by atoms with van der Waals surface area (Å²) in [6.07, 6.45) is 4.21. The van der Waals surface area contributed by atoms with E-state index in [1.807, 2.05) is 13.8 Å². The molecule has 1 saturated carbocycles. The Balaban J connectivity index is 1.79. The topological polar surface area (TPSA) is 66.5 Å². The number of aryl methyl sites for hydroxylation is 1. The van der Waals surface area contributed by atoms with Gasteiger partial charge >= 0.3 is 0 Å². The molecule has 3 amide bonds. The summed E-state index contributed by atoms with van der Waals surface area (Å²) in [6.45, 7) is 3.97. The summed E-state index contributed by atoms with van der Waals surface area (Å²) in [7, 11) is 0. The van der Waals surface area contributed by atoms with Crippen LogP contribution in [0.5, 0.6) is 0 Å². The maximum absolute atomic E-state index is 12.4. The Bertz CT molecular complexity index is 613. The number of fused-ring (bicyclic) bond motifs is 1. The number of hydrogen-bond donors (Lipinski definition) is 1. The first-order chi connectivity index (χ1) is 10.5. The van der Waals surface area contributed by atoms with Crippen LogP contribution < -0.4 is 5.43 Å². The predicted octanol–water partition coefficient (Wildman–Crippen LogP) is 2.44. The third-order valence-electron chi connectivity index (χ3n) is 4.76. The molecule has 22 heavy (non-hydrogen) atoms. The molecule has 2 atom stereocenters. The lowest BCUT2D eigenvalue weighted by Gasteiger charge is -2.19. The Morgan fingerprint density at radius 1 is 1.27 bits per heavy atom. The van der Waals surface area contributed by atoms with Crippen LogP contribution in [0, 0.1) is 18.8 Å². The predicted molar refractivity (Wildman–Crippen MR) is 83.2 cm³/mol. The Labute approximate surface area is 133 Å². The van der Waals surface area contributed by atoms with E-state index in [2.05, 4.69) is 5.43 Å². The fourth-order valence-electron chi connectivity index (χ4n) is 3.54. The molecular formula is C16H20N2O3S. The van der Waals surface area contributed by atoms with E-state index in [0.29, 0.717) is 5.56 Å². The lowest BCUT2D eigenvalue weighted by atomic mass is 9.81. The minimum Gasteiger partial charge on any atom is -0.272 e. The molecule has 0 aromatic carbocycles. The highest BCUT2D eigenvalue weighted by molar-refractivity contribution is 7.10. The van der Waals surface area contributed by atoms with Crippen molar-refractivity contribution in [3.63, 3.8) is 0 Å². The average Bonchev–Trinajstić information content (AvgIpc) is 3.01. The van der Waals surface area contributed by atoms with E-state index in [1.54, 1.807) is 5.38 Å². The molecule has 0 radical (unpaired) electrons. The second-order valence-corrected chi connectivity index (χ2v) is 7.07. The van der Waals surface area contributed by atoms with Crippen LogP contribution in [0.3, 0.4) is 0 Å². The molecule has 0 unspecified atom stereocenters. The Morgan fingerprint density at radius 3 is 2.41 bits per heavy atom. The number of hydrazine groups is 1. The van der Waals surface area contributed by atoms with Gasteiger partial charge in [-0.05, 0) is 31.7 Å². The van der Waals surface area contributed by atoms with Gasteiger partial charge in [0.05, 0.1) is 17.4 Å². The van der Waals surface area contributed by atoms with Gasteiger partial charge in [-0.25, -0.2) is 0 Å². The summed E-state index contributed by atoms with van der Waals surface area (Å²) in [5, 5.41) is 2.76. The monoisotopic (exact) mass is 320 g/mol. The summed E-state index contributed by atoms with van der Waals surface area (Å²) in [4.78, 5) is 38.3. The molecule has 0 spiro atoms. The van der Waals surface area contributed by atoms with E-state index in [1.165, 1.54) is 11.3 Å². The van der Waals surface area contributed by atoms with Crippen LogP contribution in [0.2, 0.25) is 0 Å². The first-order valence-corrected chi connectivity index (χ1v) is 8.68. The molecule has 1 aromatic rings. The second-order valence-electron chi connectivity index (χ2n) is 5.99. The number of imide groups is 1. The number of hydrogen-bond acceptors (Lipinski definition) is 4. The molecule has 6 heteroatoms. The average molecular weight is 320 g/mol. The molecule has 1 aromatic heterocycles. The summed E-state index contributed by atoms with van der Waals surface area (Å²) in [6, 6.07) is 0. The van der Waals surface area contributed by atoms with Crippen LogP contribution in [-0.2, 0) is 16.0 Å². The number of nitrogens with zero attached hydrogens (tertiary/aromatic N) is 1. The third-order valence-corrected chi connectivity index (χ3v) is 5.71. The summed E-state index contributed by atoms with van der Waals surface area (Å²) in [5.41, 5.74) is 4.10. The summed E-state index contributed by atoms with van der Waals surface area (Å²) in [5.74, 6) is -1.32. The van der Waals surface area contributed by atoms with Gasteiger partial charge in [-0.3, -0.25) is 19.8 Å². The number of rotatable bonds is 3. The summed E-state index contributed by atoms with van der Waals surface area (Å²) >= 11 is 1.51. The molecule has 1 aliphatic carbocycles. The van der Waals surface area contributed by atoms with Crippen LogP contribution >= 0.6 is 11.3 Å². The molecule has 2 fully saturated rings. The van der Waals surface area contributed by atoms with Crippen molar-refractivity contribution in [2.45, 2.75) is 46.0 Å². The van der Waals surface area contributed by atoms with Crippen molar-refractivity contribution in [3.05, 3.63) is 21.4 Å².